The zero-order chi connectivity index (χ0) is 21.6. The Bertz CT molecular complexity index is 935. The van der Waals surface area contributed by atoms with E-state index in [0.717, 1.165) is 9.21 Å². The second-order valence-electron chi connectivity index (χ2n) is 7.40. The van der Waals surface area contributed by atoms with Gasteiger partial charge in [-0.15, -0.1) is 0 Å². The molecule has 10 heteroatoms. The third kappa shape index (κ3) is 3.15. The lowest BCUT2D eigenvalue weighted by Crippen LogP contribution is -2.57. The molecule has 4 atom stereocenters. The van der Waals surface area contributed by atoms with Crippen molar-refractivity contribution in [1.29, 1.82) is 0 Å². The Morgan fingerprint density at radius 1 is 1.24 bits per heavy atom. The first-order chi connectivity index (χ1) is 13.6. The molecule has 29 heavy (non-hydrogen) atoms. The zero-order valence-corrected chi connectivity index (χ0v) is 17.6. The third-order valence-electron chi connectivity index (χ3n) is 5.99. The normalized spacial score (nSPS) is 29.4. The number of benzene rings is 1. The van der Waals surface area contributed by atoms with Gasteiger partial charge in [-0.1, -0.05) is 25.1 Å². The summed E-state index contributed by atoms with van der Waals surface area (Å²) >= 11 is 0. The molecule has 1 aromatic rings. The molecule has 0 spiro atoms. The Morgan fingerprint density at radius 3 is 2.41 bits per heavy atom. The fraction of sp³-hybridized carbons (Fsp3) is 0.526. The van der Waals surface area contributed by atoms with E-state index in [-0.39, 0.29) is 17.9 Å². The first-order valence-electron chi connectivity index (χ1n) is 9.30. The van der Waals surface area contributed by atoms with Gasteiger partial charge < -0.3 is 4.74 Å². The van der Waals surface area contributed by atoms with Crippen LogP contribution in [0.25, 0.3) is 0 Å². The molecule has 9 nitrogen and oxygen atoms in total. The number of hydrogen-bond donors (Lipinski definition) is 1. The second-order valence-corrected chi connectivity index (χ2v) is 9.45. The summed E-state index contributed by atoms with van der Waals surface area (Å²) in [7, 11) is 0.209. The van der Waals surface area contributed by atoms with Crippen molar-refractivity contribution in [2.24, 2.45) is 11.8 Å². The van der Waals surface area contributed by atoms with Gasteiger partial charge >= 0.3 is 5.97 Å². The maximum absolute atomic E-state index is 12.9. The topological polar surface area (TPSA) is 113 Å². The Hall–Kier alpha value is -2.30. The van der Waals surface area contributed by atoms with E-state index < -0.39 is 51.2 Å². The van der Waals surface area contributed by atoms with Crippen molar-refractivity contribution < 1.29 is 27.5 Å². The first kappa shape index (κ1) is 21.4. The number of carbonyl (C=O) groups is 3. The number of hydrogen-bond acceptors (Lipinski definition) is 7. The number of rotatable bonds is 6. The van der Waals surface area contributed by atoms with E-state index in [4.69, 9.17) is 4.74 Å². The van der Waals surface area contributed by atoms with Gasteiger partial charge in [0.2, 0.25) is 21.8 Å². The van der Waals surface area contributed by atoms with Gasteiger partial charge in [0, 0.05) is 26.7 Å². The number of nitrogens with zero attached hydrogens (tertiary/aromatic N) is 2. The van der Waals surface area contributed by atoms with Gasteiger partial charge in [-0.3, -0.25) is 24.6 Å². The van der Waals surface area contributed by atoms with Crippen molar-refractivity contribution in [1.82, 2.24) is 14.5 Å². The predicted octanol–water partition coefficient (Wildman–Crippen LogP) is -0.168. The summed E-state index contributed by atoms with van der Waals surface area (Å²) in [4.78, 5) is 39.3. The summed E-state index contributed by atoms with van der Waals surface area (Å²) < 4.78 is 31.8. The molecule has 2 amide bonds. The van der Waals surface area contributed by atoms with Crippen molar-refractivity contribution in [3.05, 3.63) is 30.3 Å². The van der Waals surface area contributed by atoms with Crippen molar-refractivity contribution >= 4 is 27.8 Å². The number of amides is 2. The van der Waals surface area contributed by atoms with E-state index in [1.165, 1.54) is 33.3 Å². The van der Waals surface area contributed by atoms with Crippen LogP contribution >= 0.6 is 0 Å². The molecule has 158 valence electrons. The van der Waals surface area contributed by atoms with Crippen LogP contribution in [0.5, 0.6) is 0 Å². The average Bonchev–Trinajstić information content (AvgIpc) is 3.17. The number of imide groups is 1. The molecular weight excluding hydrogens is 398 g/mol. The molecule has 0 unspecified atom stereocenters. The summed E-state index contributed by atoms with van der Waals surface area (Å²) in [5.41, 5.74) is -1.38. The molecule has 1 N–H and O–H groups in total. The molecule has 0 aromatic heterocycles. The minimum absolute atomic E-state index is 0.0794. The molecule has 0 bridgehead atoms. The highest BCUT2D eigenvalue weighted by molar-refractivity contribution is 7.89. The first-order valence-corrected chi connectivity index (χ1v) is 10.7. The lowest BCUT2D eigenvalue weighted by Gasteiger charge is -2.31. The number of likely N-dealkylation sites (N-methyl/N-ethyl adjacent to an activating group) is 1. The smallest absolute Gasteiger partial charge is 0.326 e. The summed E-state index contributed by atoms with van der Waals surface area (Å²) in [6, 6.07) is 7.21. The van der Waals surface area contributed by atoms with Crippen LogP contribution in [-0.4, -0.2) is 74.7 Å². The monoisotopic (exact) mass is 423 g/mol. The fourth-order valence-electron chi connectivity index (χ4n) is 4.41. The van der Waals surface area contributed by atoms with Crippen LogP contribution in [0.15, 0.2) is 35.2 Å². The third-order valence-corrected chi connectivity index (χ3v) is 7.83. The Balaban J connectivity index is 1.96. The highest BCUT2D eigenvalue weighted by atomic mass is 32.2. The van der Waals surface area contributed by atoms with Crippen LogP contribution in [0.1, 0.15) is 13.3 Å². The minimum Gasteiger partial charge on any atom is -0.468 e. The maximum atomic E-state index is 12.9. The number of nitrogens with one attached hydrogen (secondary N) is 1. The van der Waals surface area contributed by atoms with E-state index in [1.807, 2.05) is 0 Å². The van der Waals surface area contributed by atoms with Gasteiger partial charge in [0.15, 0.2) is 0 Å². The molecule has 2 fully saturated rings. The van der Waals surface area contributed by atoms with Crippen LogP contribution in [0.3, 0.4) is 0 Å². The number of likely N-dealkylation sites (tertiary alicyclic amines) is 1. The van der Waals surface area contributed by atoms with E-state index in [0.29, 0.717) is 0 Å². The molecule has 2 aliphatic rings. The zero-order valence-electron chi connectivity index (χ0n) is 16.8. The van der Waals surface area contributed by atoms with Crippen LogP contribution in [0.4, 0.5) is 0 Å². The molecule has 2 heterocycles. The number of sulfonamides is 1. The number of methoxy groups -OCH3 is 1. The van der Waals surface area contributed by atoms with E-state index in [2.05, 4.69) is 5.32 Å². The summed E-state index contributed by atoms with van der Waals surface area (Å²) in [6.07, 6.45) is 0.222. The standard InChI is InChI=1S/C19H25N3O6S/c1-5-19(18(25)28-4)15-14(16(23)22(3)17(15)24)13(20-19)11-21(2)29(26,27)12-9-7-6-8-10-12/h6-10,13-15,20H,5,11H2,1-4H3/t13-,14+,15-,19-/m1/s1. The second kappa shape index (κ2) is 7.51. The van der Waals surface area contributed by atoms with E-state index in [1.54, 1.807) is 25.1 Å². The summed E-state index contributed by atoms with van der Waals surface area (Å²) in [5, 5.41) is 3.09. The van der Waals surface area contributed by atoms with E-state index >= 15 is 0 Å². The maximum Gasteiger partial charge on any atom is 0.326 e. The van der Waals surface area contributed by atoms with Crippen molar-refractivity contribution in [3.63, 3.8) is 0 Å². The Labute approximate surface area is 170 Å². The number of esters is 1. The molecule has 2 aliphatic heterocycles. The van der Waals surface area contributed by atoms with Crippen LogP contribution in [0, 0.1) is 11.8 Å². The number of ether oxygens (including phenoxy) is 1. The fourth-order valence-corrected chi connectivity index (χ4v) is 5.63. The SMILES string of the molecule is CC[C@@]1(C(=O)OC)N[C@H](CN(C)S(=O)(=O)c2ccccc2)[C@@H]2C(=O)N(C)C(=O)[C@@H]21. The highest BCUT2D eigenvalue weighted by Crippen LogP contribution is 2.44. The van der Waals surface area contributed by atoms with E-state index in [9.17, 15) is 22.8 Å². The van der Waals surface area contributed by atoms with Crippen LogP contribution in [-0.2, 0) is 29.1 Å². The van der Waals surface area contributed by atoms with Gasteiger partial charge in [-0.05, 0) is 18.6 Å². The molecular formula is C19H25N3O6S. The molecule has 3 rings (SSSR count). The summed E-state index contributed by atoms with van der Waals surface area (Å²) in [6.45, 7) is 1.65. The Kier molecular flexibility index (Phi) is 5.54. The largest absolute Gasteiger partial charge is 0.468 e. The molecule has 0 aliphatic carbocycles. The van der Waals surface area contributed by atoms with Crippen LogP contribution in [0.2, 0.25) is 0 Å². The predicted molar refractivity (Wildman–Crippen MR) is 103 cm³/mol. The molecule has 2 saturated heterocycles. The summed E-state index contributed by atoms with van der Waals surface area (Å²) in [5.74, 6) is -3.31. The van der Waals surface area contributed by atoms with Gasteiger partial charge in [0.25, 0.3) is 0 Å². The average molecular weight is 423 g/mol. The van der Waals surface area contributed by atoms with Crippen molar-refractivity contribution in [3.8, 4) is 0 Å². The van der Waals surface area contributed by atoms with Gasteiger partial charge in [0.05, 0.1) is 23.8 Å². The molecule has 0 radical (unpaired) electrons. The van der Waals surface area contributed by atoms with Crippen LogP contribution < -0.4 is 5.32 Å². The lowest BCUT2D eigenvalue weighted by molar-refractivity contribution is -0.154. The van der Waals surface area contributed by atoms with Gasteiger partial charge in [-0.2, -0.15) is 4.31 Å². The van der Waals surface area contributed by atoms with Gasteiger partial charge in [0.1, 0.15) is 5.54 Å². The van der Waals surface area contributed by atoms with Crippen molar-refractivity contribution in [2.75, 3.05) is 27.7 Å². The molecule has 0 saturated carbocycles. The van der Waals surface area contributed by atoms with Crippen molar-refractivity contribution in [2.45, 2.75) is 29.8 Å². The quantitative estimate of drug-likeness (QED) is 0.499. The highest BCUT2D eigenvalue weighted by Gasteiger charge is 2.67. The lowest BCUT2D eigenvalue weighted by atomic mass is 9.78. The Morgan fingerprint density at radius 2 is 1.86 bits per heavy atom. The number of carbonyl (C=O) groups excluding carboxylic acids is 3. The van der Waals surface area contributed by atoms with Gasteiger partial charge in [-0.25, -0.2) is 8.42 Å². The number of fused-ring (bicyclic) bond motifs is 1. The molecule has 1 aromatic carbocycles. The minimum atomic E-state index is -3.80.